The summed E-state index contributed by atoms with van der Waals surface area (Å²) < 4.78 is 10.4. The third-order valence-corrected chi connectivity index (χ3v) is 6.42. The van der Waals surface area contributed by atoms with Crippen LogP contribution in [0.1, 0.15) is 37.5 Å². The first-order valence-electron chi connectivity index (χ1n) is 9.81. The van der Waals surface area contributed by atoms with Gasteiger partial charge in [0.1, 0.15) is 0 Å². The topological polar surface area (TPSA) is 107 Å². The fraction of sp³-hybridized carbons (Fsp3) is 0.227. The minimum atomic E-state index is -0.680. The normalized spacial score (nSPS) is 18.5. The van der Waals surface area contributed by atoms with Gasteiger partial charge in [-0.25, -0.2) is 5.01 Å². The standard InChI is InChI=1S/C22H18N4O5S/c1-12-8-14-9-17-18(31-11-30-17)10-16(14)19(13-4-6-15(7-5-13)26(28)29)24-25(12)21-23-20(27)22(2,3)32-21/h4-10H,11H2,1-3H3. The molecular weight excluding hydrogens is 432 g/mol. The lowest BCUT2D eigenvalue weighted by Gasteiger charge is -2.20. The number of non-ortho nitro benzene ring substituents is 1. The van der Waals surface area contributed by atoms with Crippen LogP contribution >= 0.6 is 11.8 Å². The molecule has 0 bridgehead atoms. The summed E-state index contributed by atoms with van der Waals surface area (Å²) in [5.41, 5.74) is 3.63. The molecule has 3 aliphatic heterocycles. The highest BCUT2D eigenvalue weighted by molar-refractivity contribution is 8.16. The molecule has 0 unspecified atom stereocenters. The van der Waals surface area contributed by atoms with E-state index < -0.39 is 9.67 Å². The summed E-state index contributed by atoms with van der Waals surface area (Å²) >= 11 is 1.34. The molecule has 5 rings (SSSR count). The van der Waals surface area contributed by atoms with Gasteiger partial charge in [0.15, 0.2) is 16.7 Å². The van der Waals surface area contributed by atoms with Crippen molar-refractivity contribution < 1.29 is 19.2 Å². The number of nitro benzene ring substituents is 1. The molecule has 3 aliphatic rings. The number of fused-ring (bicyclic) bond motifs is 2. The molecule has 2 aromatic carbocycles. The number of benzene rings is 2. The summed E-state index contributed by atoms with van der Waals surface area (Å²) in [5, 5.41) is 18.1. The fourth-order valence-electron chi connectivity index (χ4n) is 3.56. The van der Waals surface area contributed by atoms with Gasteiger partial charge in [0.05, 0.1) is 15.4 Å². The SMILES string of the molecule is CC1=Cc2cc3c(cc2C(c2ccc([N+](=O)[O-])cc2)=NN1C1=NC(=O)C(C)(C)S1)OCO3. The lowest BCUT2D eigenvalue weighted by Crippen LogP contribution is -2.25. The molecule has 0 spiro atoms. The number of amides is 1. The Morgan fingerprint density at radius 3 is 2.47 bits per heavy atom. The van der Waals surface area contributed by atoms with Crippen LogP contribution in [0, 0.1) is 10.1 Å². The van der Waals surface area contributed by atoms with Crippen molar-refractivity contribution in [3.8, 4) is 11.5 Å². The Hall–Kier alpha value is -3.66. The zero-order valence-electron chi connectivity index (χ0n) is 17.5. The number of thioether (sulfide) groups is 1. The summed E-state index contributed by atoms with van der Waals surface area (Å²) in [6, 6.07) is 9.92. The zero-order valence-corrected chi connectivity index (χ0v) is 18.3. The monoisotopic (exact) mass is 450 g/mol. The minimum absolute atomic E-state index is 0.0110. The second-order valence-electron chi connectivity index (χ2n) is 7.95. The Labute approximate surface area is 187 Å². The molecule has 162 valence electrons. The molecule has 0 N–H and O–H groups in total. The van der Waals surface area contributed by atoms with Gasteiger partial charge in [0.25, 0.3) is 11.6 Å². The van der Waals surface area contributed by atoms with Crippen molar-refractivity contribution in [2.75, 3.05) is 6.79 Å². The van der Waals surface area contributed by atoms with E-state index in [0.29, 0.717) is 27.9 Å². The van der Waals surface area contributed by atoms with Crippen LogP contribution in [-0.2, 0) is 4.79 Å². The molecule has 10 heteroatoms. The second-order valence-corrected chi connectivity index (χ2v) is 9.54. The Kier molecular flexibility index (Phi) is 4.55. The van der Waals surface area contributed by atoms with Crippen molar-refractivity contribution in [1.29, 1.82) is 0 Å². The molecule has 2 aromatic rings. The average molecular weight is 450 g/mol. The summed E-state index contributed by atoms with van der Waals surface area (Å²) in [6.07, 6.45) is 1.94. The Morgan fingerprint density at radius 2 is 1.84 bits per heavy atom. The highest BCUT2D eigenvalue weighted by atomic mass is 32.2. The maximum absolute atomic E-state index is 12.3. The van der Waals surface area contributed by atoms with E-state index in [-0.39, 0.29) is 18.4 Å². The van der Waals surface area contributed by atoms with E-state index in [0.717, 1.165) is 16.8 Å². The number of nitrogens with zero attached hydrogens (tertiary/aromatic N) is 4. The largest absolute Gasteiger partial charge is 0.454 e. The van der Waals surface area contributed by atoms with Crippen LogP contribution in [0.4, 0.5) is 5.69 Å². The quantitative estimate of drug-likeness (QED) is 0.499. The first-order chi connectivity index (χ1) is 15.2. The van der Waals surface area contributed by atoms with Gasteiger partial charge in [-0.1, -0.05) is 11.8 Å². The molecule has 0 radical (unpaired) electrons. The maximum Gasteiger partial charge on any atom is 0.269 e. The van der Waals surface area contributed by atoms with E-state index in [1.807, 2.05) is 39.0 Å². The first kappa shape index (κ1) is 20.3. The maximum atomic E-state index is 12.3. The van der Waals surface area contributed by atoms with Crippen molar-refractivity contribution in [2.45, 2.75) is 25.5 Å². The van der Waals surface area contributed by atoms with Crippen LogP contribution in [0.2, 0.25) is 0 Å². The van der Waals surface area contributed by atoms with Crippen LogP contribution < -0.4 is 9.47 Å². The number of hydrogen-bond donors (Lipinski definition) is 0. The predicted molar refractivity (Wildman–Crippen MR) is 121 cm³/mol. The third kappa shape index (κ3) is 3.32. The number of nitro groups is 1. The molecule has 0 aromatic heterocycles. The molecule has 1 amide bonds. The molecule has 32 heavy (non-hydrogen) atoms. The van der Waals surface area contributed by atoms with Crippen molar-refractivity contribution in [1.82, 2.24) is 5.01 Å². The number of rotatable bonds is 2. The Bertz CT molecular complexity index is 1260. The van der Waals surface area contributed by atoms with E-state index in [1.165, 1.54) is 23.9 Å². The zero-order chi connectivity index (χ0) is 22.6. The molecule has 0 saturated heterocycles. The number of hydrogen-bond acceptors (Lipinski definition) is 8. The molecule has 0 atom stereocenters. The highest BCUT2D eigenvalue weighted by Gasteiger charge is 2.39. The minimum Gasteiger partial charge on any atom is -0.454 e. The third-order valence-electron chi connectivity index (χ3n) is 5.29. The number of carbonyl (C=O) groups is 1. The van der Waals surface area contributed by atoms with E-state index in [9.17, 15) is 14.9 Å². The van der Waals surface area contributed by atoms with Gasteiger partial charge < -0.3 is 9.47 Å². The number of amidine groups is 1. The molecule has 3 heterocycles. The molecular formula is C22H18N4O5S. The van der Waals surface area contributed by atoms with Gasteiger partial charge in [0.2, 0.25) is 6.79 Å². The molecule has 9 nitrogen and oxygen atoms in total. The molecule has 0 fully saturated rings. The van der Waals surface area contributed by atoms with Gasteiger partial charge in [0, 0.05) is 29.0 Å². The van der Waals surface area contributed by atoms with Crippen LogP contribution in [0.3, 0.4) is 0 Å². The molecule has 0 aliphatic carbocycles. The van der Waals surface area contributed by atoms with E-state index >= 15 is 0 Å². The lowest BCUT2D eigenvalue weighted by atomic mass is 9.96. The van der Waals surface area contributed by atoms with Crippen molar-refractivity contribution >= 4 is 40.3 Å². The van der Waals surface area contributed by atoms with Crippen LogP contribution in [0.15, 0.2) is 52.2 Å². The number of hydrazone groups is 1. The number of allylic oxidation sites excluding steroid dienone is 1. The van der Waals surface area contributed by atoms with Gasteiger partial charge in [-0.15, -0.1) is 0 Å². The highest BCUT2D eigenvalue weighted by Crippen LogP contribution is 2.40. The van der Waals surface area contributed by atoms with Crippen molar-refractivity contribution in [3.05, 3.63) is 68.9 Å². The van der Waals surface area contributed by atoms with Gasteiger partial charge in [-0.05, 0) is 56.7 Å². The van der Waals surface area contributed by atoms with Gasteiger partial charge in [-0.2, -0.15) is 10.1 Å². The Morgan fingerprint density at radius 1 is 1.16 bits per heavy atom. The summed E-state index contributed by atoms with van der Waals surface area (Å²) in [7, 11) is 0. The number of carbonyl (C=O) groups excluding carboxylic acids is 1. The van der Waals surface area contributed by atoms with E-state index in [1.54, 1.807) is 17.1 Å². The average Bonchev–Trinajstić information content (AvgIpc) is 3.27. The Balaban J connectivity index is 1.68. The van der Waals surface area contributed by atoms with Crippen LogP contribution in [0.25, 0.3) is 6.08 Å². The van der Waals surface area contributed by atoms with Crippen molar-refractivity contribution in [2.24, 2.45) is 10.1 Å². The van der Waals surface area contributed by atoms with Crippen LogP contribution in [0.5, 0.6) is 11.5 Å². The van der Waals surface area contributed by atoms with E-state index in [2.05, 4.69) is 4.99 Å². The smallest absolute Gasteiger partial charge is 0.269 e. The van der Waals surface area contributed by atoms with E-state index in [4.69, 9.17) is 14.6 Å². The predicted octanol–water partition coefficient (Wildman–Crippen LogP) is 4.16. The summed E-state index contributed by atoms with van der Waals surface area (Å²) in [4.78, 5) is 27.2. The first-order valence-corrected chi connectivity index (χ1v) is 10.6. The fourth-order valence-corrected chi connectivity index (χ4v) is 4.55. The summed E-state index contributed by atoms with van der Waals surface area (Å²) in [6.45, 7) is 5.67. The van der Waals surface area contributed by atoms with Gasteiger partial charge in [-0.3, -0.25) is 14.9 Å². The molecule has 0 saturated carbocycles. The summed E-state index contributed by atoms with van der Waals surface area (Å²) in [5.74, 6) is 1.01. The van der Waals surface area contributed by atoms with Crippen LogP contribution in [-0.4, -0.2) is 38.3 Å². The second kappa shape index (κ2) is 7.20. The van der Waals surface area contributed by atoms with Gasteiger partial charge >= 0.3 is 0 Å². The number of aliphatic imine (C=N–C) groups is 1. The van der Waals surface area contributed by atoms with Crippen molar-refractivity contribution in [3.63, 3.8) is 0 Å². The lowest BCUT2D eigenvalue weighted by molar-refractivity contribution is -0.384. The number of ether oxygens (including phenoxy) is 2.